The molecule has 26 heavy (non-hydrogen) atoms. The van der Waals surface area contributed by atoms with Crippen molar-refractivity contribution in [2.45, 2.75) is 124 Å². The fraction of sp³-hybridized carbons (Fsp3) is 0.917. The average molecular weight is 365 g/mol. The van der Waals surface area contributed by atoms with E-state index in [4.69, 9.17) is 0 Å². The fourth-order valence-corrected chi connectivity index (χ4v) is 4.22. The summed E-state index contributed by atoms with van der Waals surface area (Å²) in [5, 5.41) is 0. The summed E-state index contributed by atoms with van der Waals surface area (Å²) in [7, 11) is 0. The topological polar surface area (TPSA) is 6.48 Å². The Kier molecular flexibility index (Phi) is 13.9. The summed E-state index contributed by atoms with van der Waals surface area (Å²) in [6.07, 6.45) is 25.0. The monoisotopic (exact) mass is 364 g/mol. The van der Waals surface area contributed by atoms with Crippen LogP contribution in [0.3, 0.4) is 0 Å². The molecular formula is C24H48N2. The predicted octanol–water partition coefficient (Wildman–Crippen LogP) is 7.56. The summed E-state index contributed by atoms with van der Waals surface area (Å²) < 4.78 is 0. The van der Waals surface area contributed by atoms with Crippen LogP contribution in [-0.4, -0.2) is 29.1 Å². The summed E-state index contributed by atoms with van der Waals surface area (Å²) in [6, 6.07) is 0. The van der Waals surface area contributed by atoms with E-state index in [1.54, 1.807) is 0 Å². The number of rotatable bonds is 17. The minimum atomic E-state index is 0.593. The molecule has 0 aromatic heterocycles. The van der Waals surface area contributed by atoms with Crippen LogP contribution in [0.4, 0.5) is 0 Å². The molecule has 2 heteroatoms. The van der Waals surface area contributed by atoms with Crippen molar-refractivity contribution in [1.82, 2.24) is 9.80 Å². The molecule has 0 amide bonds. The highest BCUT2D eigenvalue weighted by molar-refractivity contribution is 4.98. The number of nitrogens with zero attached hydrogens (tertiary/aromatic N) is 2. The highest BCUT2D eigenvalue weighted by Gasteiger charge is 2.27. The third-order valence-electron chi connectivity index (χ3n) is 5.77. The van der Waals surface area contributed by atoms with Gasteiger partial charge in [0.15, 0.2) is 0 Å². The highest BCUT2D eigenvalue weighted by Crippen LogP contribution is 2.24. The van der Waals surface area contributed by atoms with E-state index in [0.29, 0.717) is 12.1 Å². The lowest BCUT2D eigenvalue weighted by molar-refractivity contribution is 0.104. The Morgan fingerprint density at radius 3 is 1.31 bits per heavy atom. The molecule has 0 fully saturated rings. The number of unbranched alkanes of at least 4 members (excludes halogenated alkanes) is 12. The lowest BCUT2D eigenvalue weighted by Crippen LogP contribution is -2.43. The molecule has 154 valence electrons. The largest absolute Gasteiger partial charge is 0.356 e. The van der Waals surface area contributed by atoms with Crippen molar-refractivity contribution < 1.29 is 0 Å². The van der Waals surface area contributed by atoms with Gasteiger partial charge < -0.3 is 9.80 Å². The van der Waals surface area contributed by atoms with Gasteiger partial charge in [-0.3, -0.25) is 0 Å². The second-order valence-electron chi connectivity index (χ2n) is 8.67. The predicted molar refractivity (Wildman–Crippen MR) is 117 cm³/mol. The third kappa shape index (κ3) is 9.88. The van der Waals surface area contributed by atoms with Gasteiger partial charge in [-0.2, -0.15) is 0 Å². The molecular weight excluding hydrogens is 316 g/mol. The molecule has 1 heterocycles. The summed E-state index contributed by atoms with van der Waals surface area (Å²) in [5.74, 6) is 0.694. The molecule has 0 saturated heterocycles. The molecule has 1 aliphatic rings. The van der Waals surface area contributed by atoms with Gasteiger partial charge >= 0.3 is 0 Å². The van der Waals surface area contributed by atoms with Gasteiger partial charge in [0.05, 0.1) is 0 Å². The number of hydrogen-bond donors (Lipinski definition) is 0. The van der Waals surface area contributed by atoms with Gasteiger partial charge in [-0.15, -0.1) is 0 Å². The van der Waals surface area contributed by atoms with Crippen LogP contribution in [0.1, 0.15) is 118 Å². The first-order chi connectivity index (χ1) is 12.7. The summed E-state index contributed by atoms with van der Waals surface area (Å²) in [6.45, 7) is 11.8. The summed E-state index contributed by atoms with van der Waals surface area (Å²) in [4.78, 5) is 5.20. The van der Waals surface area contributed by atoms with E-state index < -0.39 is 0 Å². The van der Waals surface area contributed by atoms with Crippen LogP contribution in [0, 0.1) is 5.92 Å². The van der Waals surface area contributed by atoms with E-state index >= 15 is 0 Å². The standard InChI is InChI=1S/C24H48N2/c1-5-7-9-11-12-13-14-15-16-18-20-26-22-21-25(24(26)23(3)4)19-17-10-8-6-2/h21-24H,5-20H2,1-4H3. The van der Waals surface area contributed by atoms with Crippen molar-refractivity contribution in [2.75, 3.05) is 13.1 Å². The van der Waals surface area contributed by atoms with Gasteiger partial charge in [0, 0.05) is 25.5 Å². The van der Waals surface area contributed by atoms with E-state index in [1.807, 2.05) is 0 Å². The molecule has 0 N–H and O–H groups in total. The second kappa shape index (κ2) is 15.4. The van der Waals surface area contributed by atoms with Crippen LogP contribution in [0.15, 0.2) is 12.4 Å². The van der Waals surface area contributed by atoms with Gasteiger partial charge in [-0.25, -0.2) is 0 Å². The first-order valence-corrected chi connectivity index (χ1v) is 11.9. The van der Waals surface area contributed by atoms with Crippen molar-refractivity contribution in [3.63, 3.8) is 0 Å². The van der Waals surface area contributed by atoms with Crippen molar-refractivity contribution in [3.8, 4) is 0 Å². The normalized spacial score (nSPS) is 17.0. The van der Waals surface area contributed by atoms with Crippen LogP contribution in [-0.2, 0) is 0 Å². The first kappa shape index (κ1) is 23.4. The Morgan fingerprint density at radius 2 is 0.923 bits per heavy atom. The molecule has 1 aliphatic heterocycles. The third-order valence-corrected chi connectivity index (χ3v) is 5.77. The van der Waals surface area contributed by atoms with Gasteiger partial charge in [0.2, 0.25) is 0 Å². The van der Waals surface area contributed by atoms with E-state index in [-0.39, 0.29) is 0 Å². The maximum Gasteiger partial charge on any atom is 0.103 e. The van der Waals surface area contributed by atoms with E-state index in [0.717, 1.165) is 0 Å². The SMILES string of the molecule is CCCCCCCCCCCCN1C=CN(CCCCCC)C1C(C)C. The van der Waals surface area contributed by atoms with Gasteiger partial charge in [-0.05, 0) is 18.8 Å². The minimum Gasteiger partial charge on any atom is -0.356 e. The Balaban J connectivity index is 2.11. The summed E-state index contributed by atoms with van der Waals surface area (Å²) in [5.41, 5.74) is 0. The zero-order valence-corrected chi connectivity index (χ0v) is 18.5. The highest BCUT2D eigenvalue weighted by atomic mass is 15.4. The Labute approximate surface area is 165 Å². The molecule has 1 rings (SSSR count). The Bertz CT molecular complexity index is 337. The van der Waals surface area contributed by atoms with Gasteiger partial charge in [0.25, 0.3) is 0 Å². The molecule has 0 radical (unpaired) electrons. The van der Waals surface area contributed by atoms with E-state index in [9.17, 15) is 0 Å². The molecule has 0 aromatic carbocycles. The zero-order chi connectivity index (χ0) is 19.0. The van der Waals surface area contributed by atoms with Crippen LogP contribution < -0.4 is 0 Å². The smallest absolute Gasteiger partial charge is 0.103 e. The number of hydrogen-bond acceptors (Lipinski definition) is 2. The average Bonchev–Trinajstić information content (AvgIpc) is 3.03. The Hall–Kier alpha value is -0.660. The van der Waals surface area contributed by atoms with Crippen LogP contribution in [0.5, 0.6) is 0 Å². The Morgan fingerprint density at radius 1 is 0.577 bits per heavy atom. The molecule has 1 atom stereocenters. The van der Waals surface area contributed by atoms with E-state index in [1.165, 1.54) is 103 Å². The van der Waals surface area contributed by atoms with Gasteiger partial charge in [0.1, 0.15) is 6.17 Å². The molecule has 0 saturated carbocycles. The van der Waals surface area contributed by atoms with Gasteiger partial charge in [-0.1, -0.05) is 105 Å². The molecule has 0 spiro atoms. The zero-order valence-electron chi connectivity index (χ0n) is 18.5. The lowest BCUT2D eigenvalue weighted by Gasteiger charge is -2.36. The van der Waals surface area contributed by atoms with Crippen molar-refractivity contribution in [3.05, 3.63) is 12.4 Å². The first-order valence-electron chi connectivity index (χ1n) is 11.9. The van der Waals surface area contributed by atoms with Crippen LogP contribution in [0.25, 0.3) is 0 Å². The minimum absolute atomic E-state index is 0.593. The van der Waals surface area contributed by atoms with Crippen molar-refractivity contribution in [1.29, 1.82) is 0 Å². The molecule has 1 unspecified atom stereocenters. The van der Waals surface area contributed by atoms with E-state index in [2.05, 4.69) is 49.9 Å². The summed E-state index contributed by atoms with van der Waals surface area (Å²) >= 11 is 0. The quantitative estimate of drug-likeness (QED) is 0.246. The fourth-order valence-electron chi connectivity index (χ4n) is 4.22. The van der Waals surface area contributed by atoms with Crippen LogP contribution in [0.2, 0.25) is 0 Å². The van der Waals surface area contributed by atoms with Crippen molar-refractivity contribution in [2.24, 2.45) is 5.92 Å². The molecule has 0 aliphatic carbocycles. The molecule has 0 bridgehead atoms. The molecule has 0 aromatic rings. The van der Waals surface area contributed by atoms with Crippen molar-refractivity contribution >= 4 is 0 Å². The lowest BCUT2D eigenvalue weighted by atomic mass is 10.1. The van der Waals surface area contributed by atoms with Crippen LogP contribution >= 0.6 is 0 Å². The maximum absolute atomic E-state index is 2.61. The second-order valence-corrected chi connectivity index (χ2v) is 8.67. The molecule has 2 nitrogen and oxygen atoms in total. The maximum atomic E-state index is 2.61.